The van der Waals surface area contributed by atoms with E-state index in [0.29, 0.717) is 11.4 Å². The number of hydrogen-bond donors (Lipinski definition) is 4. The molecule has 0 saturated carbocycles. The predicted molar refractivity (Wildman–Crippen MR) is 146 cm³/mol. The first-order chi connectivity index (χ1) is 18.3. The van der Waals surface area contributed by atoms with Gasteiger partial charge in [0.1, 0.15) is 11.1 Å². The third-order valence-electron chi connectivity index (χ3n) is 5.71. The molecule has 0 heterocycles. The Hall–Kier alpha value is -4.44. The van der Waals surface area contributed by atoms with Crippen molar-refractivity contribution in [1.29, 1.82) is 0 Å². The topological polar surface area (TPSA) is 152 Å². The molecule has 0 unspecified atom stereocenters. The summed E-state index contributed by atoms with van der Waals surface area (Å²) >= 11 is 5.94. The highest BCUT2D eigenvalue weighted by molar-refractivity contribution is 6.30. The van der Waals surface area contributed by atoms with Crippen molar-refractivity contribution in [2.24, 2.45) is 10.8 Å². The maximum absolute atomic E-state index is 13.6. The molecule has 11 heteroatoms. The third-order valence-corrected chi connectivity index (χ3v) is 5.96. The average Bonchev–Trinajstić information content (AvgIpc) is 2.91. The SMILES string of the molecule is N/C(=N/[N+](=O)[O-])NCCC[C@@H](NC(=O)C(c1ccccc1)c1ccccc1)C(=O)NCc1ccc(Cl)cc1. The molecule has 3 aromatic rings. The number of amides is 2. The molecular weight excluding hydrogens is 508 g/mol. The van der Waals surface area contributed by atoms with Crippen LogP contribution in [0, 0.1) is 10.1 Å². The number of hydrazone groups is 1. The van der Waals surface area contributed by atoms with E-state index >= 15 is 0 Å². The van der Waals surface area contributed by atoms with Crippen LogP contribution < -0.4 is 21.7 Å². The molecule has 0 fully saturated rings. The predicted octanol–water partition coefficient (Wildman–Crippen LogP) is 3.15. The third kappa shape index (κ3) is 8.90. The van der Waals surface area contributed by atoms with Gasteiger partial charge in [0.15, 0.2) is 5.03 Å². The molecule has 0 aliphatic rings. The number of carbonyl (C=O) groups excluding carboxylic acids is 2. The van der Waals surface area contributed by atoms with Gasteiger partial charge in [0, 0.05) is 18.1 Å². The number of guanidine groups is 1. The zero-order chi connectivity index (χ0) is 27.3. The first-order valence-electron chi connectivity index (χ1n) is 12.0. The number of nitrogens with one attached hydrogen (secondary N) is 3. The minimum Gasteiger partial charge on any atom is -0.365 e. The summed E-state index contributed by atoms with van der Waals surface area (Å²) < 4.78 is 0. The van der Waals surface area contributed by atoms with Gasteiger partial charge in [-0.15, -0.1) is 0 Å². The summed E-state index contributed by atoms with van der Waals surface area (Å²) in [6, 6.07) is 24.9. The number of nitro groups is 1. The molecule has 10 nitrogen and oxygen atoms in total. The van der Waals surface area contributed by atoms with Gasteiger partial charge in [0.2, 0.25) is 11.8 Å². The highest BCUT2D eigenvalue weighted by Crippen LogP contribution is 2.25. The first kappa shape index (κ1) is 28.1. The lowest BCUT2D eigenvalue weighted by Gasteiger charge is -2.23. The van der Waals surface area contributed by atoms with Crippen molar-refractivity contribution in [2.45, 2.75) is 31.3 Å². The van der Waals surface area contributed by atoms with Gasteiger partial charge >= 0.3 is 0 Å². The molecule has 0 aliphatic carbocycles. The van der Waals surface area contributed by atoms with E-state index in [4.69, 9.17) is 17.3 Å². The number of hydrogen-bond acceptors (Lipinski definition) is 4. The Labute approximate surface area is 225 Å². The maximum Gasteiger partial charge on any atom is 0.266 e. The molecule has 0 radical (unpaired) electrons. The molecule has 2 amide bonds. The monoisotopic (exact) mass is 536 g/mol. The second-order valence-corrected chi connectivity index (χ2v) is 8.89. The molecule has 1 atom stereocenters. The van der Waals surface area contributed by atoms with Gasteiger partial charge in [-0.1, -0.05) is 84.4 Å². The van der Waals surface area contributed by atoms with Crippen LogP contribution in [-0.2, 0) is 16.1 Å². The molecule has 3 aromatic carbocycles. The van der Waals surface area contributed by atoms with E-state index in [1.807, 2.05) is 60.7 Å². The van der Waals surface area contributed by atoms with Gasteiger partial charge in [0.25, 0.3) is 5.96 Å². The Kier molecular flexibility index (Phi) is 10.6. The number of carbonyl (C=O) groups is 2. The summed E-state index contributed by atoms with van der Waals surface area (Å²) in [5.74, 6) is -1.64. The fraction of sp³-hybridized carbons (Fsp3) is 0.222. The van der Waals surface area contributed by atoms with Crippen LogP contribution >= 0.6 is 11.6 Å². The van der Waals surface area contributed by atoms with Crippen LogP contribution in [0.1, 0.15) is 35.4 Å². The number of benzene rings is 3. The van der Waals surface area contributed by atoms with E-state index in [-0.39, 0.29) is 37.3 Å². The fourth-order valence-corrected chi connectivity index (χ4v) is 4.00. The van der Waals surface area contributed by atoms with Crippen molar-refractivity contribution in [3.63, 3.8) is 0 Å². The summed E-state index contributed by atoms with van der Waals surface area (Å²) in [5, 5.41) is 21.5. The Morgan fingerprint density at radius 1 is 0.895 bits per heavy atom. The van der Waals surface area contributed by atoms with E-state index in [1.54, 1.807) is 24.3 Å². The van der Waals surface area contributed by atoms with Crippen molar-refractivity contribution in [2.75, 3.05) is 6.54 Å². The minimum atomic E-state index is -0.900. The van der Waals surface area contributed by atoms with Gasteiger partial charge in [-0.05, 0) is 41.7 Å². The molecule has 0 bridgehead atoms. The van der Waals surface area contributed by atoms with Crippen LogP contribution in [0.3, 0.4) is 0 Å². The molecule has 5 N–H and O–H groups in total. The number of nitrogens with zero attached hydrogens (tertiary/aromatic N) is 2. The van der Waals surface area contributed by atoms with Gasteiger partial charge in [-0.2, -0.15) is 0 Å². The second kappa shape index (κ2) is 14.3. The van der Waals surface area contributed by atoms with E-state index in [2.05, 4.69) is 21.1 Å². The Bertz CT molecular complexity index is 1200. The lowest BCUT2D eigenvalue weighted by molar-refractivity contribution is -0.485. The van der Waals surface area contributed by atoms with Gasteiger partial charge in [-0.3, -0.25) is 9.59 Å². The highest BCUT2D eigenvalue weighted by atomic mass is 35.5. The van der Waals surface area contributed by atoms with E-state index < -0.39 is 17.0 Å². The van der Waals surface area contributed by atoms with Gasteiger partial charge in [0.05, 0.1) is 5.92 Å². The van der Waals surface area contributed by atoms with Crippen LogP contribution in [0.5, 0.6) is 0 Å². The summed E-state index contributed by atoms with van der Waals surface area (Å²) in [7, 11) is 0. The lowest BCUT2D eigenvalue weighted by atomic mass is 9.90. The summed E-state index contributed by atoms with van der Waals surface area (Å²) in [6.07, 6.45) is 0.641. The molecule has 0 aliphatic heterocycles. The van der Waals surface area contributed by atoms with Crippen molar-refractivity contribution in [3.05, 3.63) is 117 Å². The van der Waals surface area contributed by atoms with E-state index in [9.17, 15) is 19.7 Å². The zero-order valence-electron chi connectivity index (χ0n) is 20.5. The first-order valence-corrected chi connectivity index (χ1v) is 12.4. The molecule has 0 aromatic heterocycles. The quantitative estimate of drug-likeness (QED) is 0.0917. The Morgan fingerprint density at radius 3 is 2.03 bits per heavy atom. The molecule has 3 rings (SSSR count). The Balaban J connectivity index is 1.74. The molecular formula is C27H29ClN6O4. The normalized spacial score (nSPS) is 12.0. The van der Waals surface area contributed by atoms with Crippen molar-refractivity contribution in [1.82, 2.24) is 16.0 Å². The molecule has 38 heavy (non-hydrogen) atoms. The second-order valence-electron chi connectivity index (χ2n) is 8.45. The average molecular weight is 537 g/mol. The van der Waals surface area contributed by atoms with Crippen molar-refractivity contribution >= 4 is 29.4 Å². The number of nitrogens with two attached hydrogens (primary N) is 1. The zero-order valence-corrected chi connectivity index (χ0v) is 21.3. The van der Waals surface area contributed by atoms with Gasteiger partial charge < -0.3 is 21.7 Å². The number of halogens is 1. The van der Waals surface area contributed by atoms with Crippen molar-refractivity contribution < 1.29 is 14.6 Å². The minimum absolute atomic E-state index is 0.223. The largest absolute Gasteiger partial charge is 0.365 e. The van der Waals surface area contributed by atoms with Crippen LogP contribution in [0.2, 0.25) is 5.02 Å². The summed E-state index contributed by atoms with van der Waals surface area (Å²) in [6.45, 7) is 0.477. The molecule has 198 valence electrons. The molecule has 0 spiro atoms. The number of rotatable bonds is 12. The standard InChI is InChI=1S/C27H29ClN6O4/c28-22-15-13-19(14-16-22)18-31-25(35)23(12-7-17-30-27(29)33-34(37)38)32-26(36)24(20-8-3-1-4-9-20)21-10-5-2-6-11-21/h1-6,8-11,13-16,23-24H,7,12,17-18H2,(H,31,35)(H,32,36)(H3,29,30,33)/t23-/m1/s1. The van der Waals surface area contributed by atoms with E-state index in [1.165, 1.54) is 0 Å². The van der Waals surface area contributed by atoms with Crippen molar-refractivity contribution in [3.8, 4) is 0 Å². The highest BCUT2D eigenvalue weighted by Gasteiger charge is 2.27. The van der Waals surface area contributed by atoms with E-state index in [0.717, 1.165) is 16.7 Å². The maximum atomic E-state index is 13.6. The van der Waals surface area contributed by atoms with Crippen LogP contribution in [-0.4, -0.2) is 35.4 Å². The lowest BCUT2D eigenvalue weighted by Crippen LogP contribution is -2.48. The molecule has 0 saturated heterocycles. The van der Waals surface area contributed by atoms with Gasteiger partial charge in [-0.25, -0.2) is 10.1 Å². The van der Waals surface area contributed by atoms with Crippen LogP contribution in [0.4, 0.5) is 0 Å². The van der Waals surface area contributed by atoms with Crippen LogP contribution in [0.15, 0.2) is 90.0 Å². The summed E-state index contributed by atoms with van der Waals surface area (Å²) in [5.41, 5.74) is 7.90. The Morgan fingerprint density at radius 2 is 1.47 bits per heavy atom. The smallest absolute Gasteiger partial charge is 0.266 e. The fourth-order valence-electron chi connectivity index (χ4n) is 3.87. The van der Waals surface area contributed by atoms with Crippen LogP contribution in [0.25, 0.3) is 0 Å². The summed E-state index contributed by atoms with van der Waals surface area (Å²) in [4.78, 5) is 37.2.